The van der Waals surface area contributed by atoms with Crippen LogP contribution in [0.25, 0.3) is 0 Å². The molecule has 0 unspecified atom stereocenters. The summed E-state index contributed by atoms with van der Waals surface area (Å²) in [6.45, 7) is 5.72. The maximum Gasteiger partial charge on any atom is 0.261 e. The van der Waals surface area contributed by atoms with Gasteiger partial charge in [-0.05, 0) is 62.2 Å². The van der Waals surface area contributed by atoms with Gasteiger partial charge in [0, 0.05) is 28.2 Å². The van der Waals surface area contributed by atoms with Gasteiger partial charge in [0.15, 0.2) is 6.61 Å². The first kappa shape index (κ1) is 23.3. The van der Waals surface area contributed by atoms with Crippen LogP contribution >= 0.6 is 34.8 Å². The van der Waals surface area contributed by atoms with Crippen LogP contribution in [0.3, 0.4) is 0 Å². The monoisotopic (exact) mass is 456 g/mol. The summed E-state index contributed by atoms with van der Waals surface area (Å²) in [6.07, 6.45) is 0. The first-order valence-corrected chi connectivity index (χ1v) is 10.3. The molecule has 2 aromatic rings. The summed E-state index contributed by atoms with van der Waals surface area (Å²) in [7, 11) is 0. The number of hydrogen-bond donors (Lipinski definition) is 1. The van der Waals surface area contributed by atoms with Crippen LogP contribution < -0.4 is 10.1 Å². The van der Waals surface area contributed by atoms with Crippen molar-refractivity contribution >= 4 is 46.6 Å². The number of nitrogens with zero attached hydrogens (tertiary/aromatic N) is 1. The first-order valence-electron chi connectivity index (χ1n) is 9.13. The minimum Gasteiger partial charge on any atom is -0.484 e. The molecule has 8 heteroatoms. The third-order valence-electron chi connectivity index (χ3n) is 4.37. The van der Waals surface area contributed by atoms with Crippen LogP contribution in [0.4, 0.5) is 0 Å². The molecular weight excluding hydrogens is 435 g/mol. The predicted octanol–water partition coefficient (Wildman–Crippen LogP) is 4.89. The minimum atomic E-state index is -0.704. The van der Waals surface area contributed by atoms with Gasteiger partial charge in [-0.3, -0.25) is 9.59 Å². The number of halogens is 3. The summed E-state index contributed by atoms with van der Waals surface area (Å²) in [5.41, 5.74) is 1.53. The Morgan fingerprint density at radius 2 is 1.83 bits per heavy atom. The highest BCUT2D eigenvalue weighted by atomic mass is 35.5. The van der Waals surface area contributed by atoms with Crippen molar-refractivity contribution in [2.45, 2.75) is 33.4 Å². The molecule has 2 aromatic carbocycles. The fourth-order valence-corrected chi connectivity index (χ4v) is 3.26. The molecule has 0 fully saturated rings. The van der Waals surface area contributed by atoms with Gasteiger partial charge in [0.1, 0.15) is 11.8 Å². The van der Waals surface area contributed by atoms with E-state index in [1.165, 1.54) is 4.90 Å². The Balaban J connectivity index is 2.19. The van der Waals surface area contributed by atoms with Crippen LogP contribution in [-0.2, 0) is 16.1 Å². The van der Waals surface area contributed by atoms with Crippen LogP contribution in [0.5, 0.6) is 5.75 Å². The second kappa shape index (κ2) is 10.7. The van der Waals surface area contributed by atoms with Gasteiger partial charge in [-0.15, -0.1) is 0 Å². The highest BCUT2D eigenvalue weighted by Gasteiger charge is 2.26. The van der Waals surface area contributed by atoms with E-state index in [0.717, 1.165) is 5.56 Å². The molecule has 0 saturated heterocycles. The third-order valence-corrected chi connectivity index (χ3v) is 5.38. The Labute approximate surface area is 185 Å². The normalized spacial score (nSPS) is 11.7. The van der Waals surface area contributed by atoms with Crippen LogP contribution in [-0.4, -0.2) is 35.9 Å². The molecule has 29 heavy (non-hydrogen) atoms. The van der Waals surface area contributed by atoms with Crippen LogP contribution in [0.15, 0.2) is 36.4 Å². The Bertz CT molecular complexity index is 889. The van der Waals surface area contributed by atoms with Gasteiger partial charge in [-0.25, -0.2) is 0 Å². The van der Waals surface area contributed by atoms with Crippen LogP contribution in [0, 0.1) is 6.92 Å². The Morgan fingerprint density at radius 1 is 1.10 bits per heavy atom. The average molecular weight is 458 g/mol. The van der Waals surface area contributed by atoms with Crippen LogP contribution in [0.2, 0.25) is 15.1 Å². The lowest BCUT2D eigenvalue weighted by molar-refractivity contribution is -0.142. The molecule has 0 aromatic heterocycles. The maximum absolute atomic E-state index is 12.9. The summed E-state index contributed by atoms with van der Waals surface area (Å²) in [5.74, 6) is -0.0777. The van der Waals surface area contributed by atoms with E-state index < -0.39 is 6.04 Å². The second-order valence-electron chi connectivity index (χ2n) is 6.53. The zero-order valence-electron chi connectivity index (χ0n) is 16.5. The molecule has 0 spiro atoms. The molecule has 0 aliphatic rings. The molecule has 1 N–H and O–H groups in total. The van der Waals surface area contributed by atoms with Gasteiger partial charge in [0.25, 0.3) is 5.91 Å². The summed E-state index contributed by atoms with van der Waals surface area (Å²) in [4.78, 5) is 26.7. The molecule has 1 atom stereocenters. The number of nitrogens with one attached hydrogen (secondary N) is 1. The van der Waals surface area contributed by atoms with Crippen molar-refractivity contribution in [3.05, 3.63) is 62.6 Å². The highest BCUT2D eigenvalue weighted by molar-refractivity contribution is 6.35. The Kier molecular flexibility index (Phi) is 8.62. The van der Waals surface area contributed by atoms with Gasteiger partial charge in [-0.2, -0.15) is 0 Å². The van der Waals surface area contributed by atoms with Crippen molar-refractivity contribution in [2.24, 2.45) is 0 Å². The Hall–Kier alpha value is -1.95. The smallest absolute Gasteiger partial charge is 0.261 e. The van der Waals surface area contributed by atoms with Crippen molar-refractivity contribution in [2.75, 3.05) is 13.2 Å². The molecule has 2 amide bonds. The van der Waals surface area contributed by atoms with Gasteiger partial charge in [0.05, 0.1) is 0 Å². The number of carbonyl (C=O) groups is 2. The lowest BCUT2D eigenvalue weighted by atomic mass is 10.1. The molecule has 0 saturated carbocycles. The maximum atomic E-state index is 12.9. The number of likely N-dealkylation sites (N-methyl/N-ethyl adjacent to an activating group) is 1. The lowest BCUT2D eigenvalue weighted by Gasteiger charge is -2.29. The third kappa shape index (κ3) is 6.53. The number of rotatable bonds is 8. The van der Waals surface area contributed by atoms with Gasteiger partial charge >= 0.3 is 0 Å². The van der Waals surface area contributed by atoms with E-state index in [4.69, 9.17) is 39.5 Å². The van der Waals surface area contributed by atoms with E-state index in [0.29, 0.717) is 32.9 Å². The fourth-order valence-electron chi connectivity index (χ4n) is 2.67. The zero-order valence-corrected chi connectivity index (χ0v) is 18.7. The van der Waals surface area contributed by atoms with Crippen LogP contribution in [0.1, 0.15) is 25.0 Å². The molecule has 0 radical (unpaired) electrons. The lowest BCUT2D eigenvalue weighted by Crippen LogP contribution is -2.49. The van der Waals surface area contributed by atoms with Crippen molar-refractivity contribution in [3.63, 3.8) is 0 Å². The van der Waals surface area contributed by atoms with Crippen molar-refractivity contribution in [1.29, 1.82) is 0 Å². The number of ether oxygens (including phenoxy) is 1. The number of hydrogen-bond acceptors (Lipinski definition) is 3. The summed E-state index contributed by atoms with van der Waals surface area (Å²) < 4.78 is 5.63. The largest absolute Gasteiger partial charge is 0.484 e. The minimum absolute atomic E-state index is 0.149. The molecule has 5 nitrogen and oxygen atoms in total. The van der Waals surface area contributed by atoms with Gasteiger partial charge < -0.3 is 15.0 Å². The van der Waals surface area contributed by atoms with Gasteiger partial charge in [-0.1, -0.05) is 40.9 Å². The fraction of sp³-hybridized carbons (Fsp3) is 0.333. The standard InChI is InChI=1S/C21H23Cl3N2O3/c1-4-25-21(28)14(3)26(11-15-5-6-16(22)10-19(15)24)20(27)12-29-17-7-8-18(23)13(2)9-17/h5-10,14H,4,11-12H2,1-3H3,(H,25,28)/t14-/m0/s1. The predicted molar refractivity (Wildman–Crippen MR) is 117 cm³/mol. The second-order valence-corrected chi connectivity index (χ2v) is 7.78. The van der Waals surface area contributed by atoms with E-state index in [1.54, 1.807) is 43.3 Å². The topological polar surface area (TPSA) is 58.6 Å². The van der Waals surface area contributed by atoms with E-state index in [2.05, 4.69) is 5.32 Å². The van der Waals surface area contributed by atoms with E-state index >= 15 is 0 Å². The van der Waals surface area contributed by atoms with Crippen molar-refractivity contribution < 1.29 is 14.3 Å². The first-order chi connectivity index (χ1) is 13.7. The highest BCUT2D eigenvalue weighted by Crippen LogP contribution is 2.24. The SMILES string of the molecule is CCNC(=O)[C@H](C)N(Cc1ccc(Cl)cc1Cl)C(=O)COc1ccc(Cl)c(C)c1. The number of aryl methyl sites for hydroxylation is 1. The summed E-state index contributed by atoms with van der Waals surface area (Å²) in [5, 5.41) is 4.27. The molecule has 0 heterocycles. The van der Waals surface area contributed by atoms with E-state index in [1.807, 2.05) is 13.8 Å². The van der Waals surface area contributed by atoms with Gasteiger partial charge in [0.2, 0.25) is 5.91 Å². The van der Waals surface area contributed by atoms with Crippen molar-refractivity contribution in [1.82, 2.24) is 10.2 Å². The number of amides is 2. The molecule has 0 aliphatic carbocycles. The molecule has 0 aliphatic heterocycles. The molecule has 0 bridgehead atoms. The Morgan fingerprint density at radius 3 is 2.45 bits per heavy atom. The quantitative estimate of drug-likeness (QED) is 0.614. The van der Waals surface area contributed by atoms with E-state index in [-0.39, 0.29) is 25.0 Å². The molecule has 2 rings (SSSR count). The number of carbonyl (C=O) groups excluding carboxylic acids is 2. The molecule has 156 valence electrons. The average Bonchev–Trinajstić information content (AvgIpc) is 2.67. The zero-order chi connectivity index (χ0) is 21.6. The summed E-state index contributed by atoms with van der Waals surface area (Å²) in [6, 6.07) is 9.47. The molecular formula is C21H23Cl3N2O3. The summed E-state index contributed by atoms with van der Waals surface area (Å²) >= 11 is 18.2. The number of benzene rings is 2. The van der Waals surface area contributed by atoms with E-state index in [9.17, 15) is 9.59 Å². The van der Waals surface area contributed by atoms with Crippen molar-refractivity contribution in [3.8, 4) is 5.75 Å².